The molecule has 0 radical (unpaired) electrons. The van der Waals surface area contributed by atoms with Gasteiger partial charge >= 0.3 is 5.97 Å². The third-order valence-electron chi connectivity index (χ3n) is 5.34. The van der Waals surface area contributed by atoms with E-state index in [9.17, 15) is 20.0 Å². The lowest BCUT2D eigenvalue weighted by atomic mass is 9.85. The van der Waals surface area contributed by atoms with Crippen molar-refractivity contribution in [3.8, 4) is 6.07 Å². The number of amides is 1. The number of hydrogen-bond donors (Lipinski definition) is 1. The van der Waals surface area contributed by atoms with E-state index in [1.165, 1.54) is 16.7 Å². The number of aliphatic carboxylic acids is 1. The van der Waals surface area contributed by atoms with Gasteiger partial charge in [0.25, 0.3) is 0 Å². The van der Waals surface area contributed by atoms with E-state index in [1.54, 1.807) is 0 Å². The Morgan fingerprint density at radius 3 is 2.96 bits per heavy atom. The molecular formula is C19H23N3O3S. The van der Waals surface area contributed by atoms with E-state index in [1.807, 2.05) is 6.07 Å². The second-order valence-corrected chi connectivity index (χ2v) is 7.91. The van der Waals surface area contributed by atoms with E-state index in [0.29, 0.717) is 35.9 Å². The Morgan fingerprint density at radius 2 is 2.27 bits per heavy atom. The van der Waals surface area contributed by atoms with Gasteiger partial charge in [-0.05, 0) is 49.7 Å². The zero-order valence-electron chi connectivity index (χ0n) is 14.9. The van der Waals surface area contributed by atoms with Crippen LogP contribution in [0.4, 0.5) is 0 Å². The minimum Gasteiger partial charge on any atom is -0.480 e. The molecule has 7 heteroatoms. The van der Waals surface area contributed by atoms with E-state index in [-0.39, 0.29) is 11.7 Å². The molecule has 1 aliphatic carbocycles. The van der Waals surface area contributed by atoms with Crippen molar-refractivity contribution in [1.29, 1.82) is 5.26 Å². The Balaban J connectivity index is 1.71. The Morgan fingerprint density at radius 1 is 1.46 bits per heavy atom. The largest absolute Gasteiger partial charge is 0.480 e. The normalized spacial score (nSPS) is 21.9. The quantitative estimate of drug-likeness (QED) is 0.798. The van der Waals surface area contributed by atoms with Crippen molar-refractivity contribution in [2.45, 2.75) is 56.5 Å². The molecule has 1 aromatic heterocycles. The molecule has 1 N–H and O–H groups in total. The van der Waals surface area contributed by atoms with Gasteiger partial charge in [-0.2, -0.15) is 5.26 Å². The number of fused-ring (bicyclic) bond motifs is 1. The van der Waals surface area contributed by atoms with E-state index in [4.69, 9.17) is 0 Å². The lowest BCUT2D eigenvalue weighted by Crippen LogP contribution is -2.41. The third kappa shape index (κ3) is 3.85. The van der Waals surface area contributed by atoms with E-state index < -0.39 is 12.0 Å². The molecule has 1 amide bonds. The van der Waals surface area contributed by atoms with Crippen LogP contribution in [-0.4, -0.2) is 45.2 Å². The molecule has 1 aromatic rings. The number of carboxylic acids is 1. The fourth-order valence-electron chi connectivity index (χ4n) is 3.79. The second-order valence-electron chi connectivity index (χ2n) is 6.95. The van der Waals surface area contributed by atoms with Crippen LogP contribution in [0.15, 0.2) is 11.1 Å². The summed E-state index contributed by atoms with van der Waals surface area (Å²) in [6.07, 6.45) is 5.34. The molecule has 2 aliphatic rings. The van der Waals surface area contributed by atoms with Gasteiger partial charge in [0.1, 0.15) is 17.1 Å². The van der Waals surface area contributed by atoms with Crippen molar-refractivity contribution in [1.82, 2.24) is 9.88 Å². The zero-order chi connectivity index (χ0) is 18.7. The Hall–Kier alpha value is -2.07. The summed E-state index contributed by atoms with van der Waals surface area (Å²) in [6, 6.07) is 3.40. The number of aromatic nitrogens is 1. The summed E-state index contributed by atoms with van der Waals surface area (Å²) in [5.41, 5.74) is 2.70. The third-order valence-corrected chi connectivity index (χ3v) is 6.32. The smallest absolute Gasteiger partial charge is 0.326 e. The van der Waals surface area contributed by atoms with Crippen molar-refractivity contribution in [3.63, 3.8) is 0 Å². The molecular weight excluding hydrogens is 350 g/mol. The minimum absolute atomic E-state index is 0.113. The monoisotopic (exact) mass is 373 g/mol. The van der Waals surface area contributed by atoms with Crippen LogP contribution in [0.3, 0.4) is 0 Å². The van der Waals surface area contributed by atoms with E-state index in [2.05, 4.69) is 18.0 Å². The number of carbonyl (C=O) groups is 2. The van der Waals surface area contributed by atoms with Crippen LogP contribution in [0.2, 0.25) is 0 Å². The van der Waals surface area contributed by atoms with Gasteiger partial charge in [0.05, 0.1) is 11.3 Å². The van der Waals surface area contributed by atoms with Crippen molar-refractivity contribution in [2.24, 2.45) is 5.92 Å². The molecule has 3 rings (SSSR count). The highest BCUT2D eigenvalue weighted by atomic mass is 32.2. The Bertz CT molecular complexity index is 759. The van der Waals surface area contributed by atoms with Gasteiger partial charge in [-0.25, -0.2) is 9.78 Å². The van der Waals surface area contributed by atoms with E-state index in [0.717, 1.165) is 36.9 Å². The lowest BCUT2D eigenvalue weighted by molar-refractivity contribution is -0.147. The predicted molar refractivity (Wildman–Crippen MR) is 97.9 cm³/mol. The SMILES string of the molecule is CC[C@H]1CCc2nc(SCC(=O)N3CCC[C@@H]3C(=O)O)c(C#N)cc2C1. The van der Waals surface area contributed by atoms with Gasteiger partial charge in [0.2, 0.25) is 5.91 Å². The molecule has 6 nitrogen and oxygen atoms in total. The zero-order valence-corrected chi connectivity index (χ0v) is 15.7. The number of thioether (sulfide) groups is 1. The van der Waals surface area contributed by atoms with Gasteiger partial charge in [-0.1, -0.05) is 25.1 Å². The maximum absolute atomic E-state index is 12.4. The molecule has 138 valence electrons. The Kier molecular flexibility index (Phi) is 5.82. The topological polar surface area (TPSA) is 94.3 Å². The molecule has 2 heterocycles. The molecule has 1 saturated heterocycles. The number of carbonyl (C=O) groups excluding carboxylic acids is 1. The fraction of sp³-hybridized carbons (Fsp3) is 0.579. The first kappa shape index (κ1) is 18.7. The fourth-order valence-corrected chi connectivity index (χ4v) is 4.66. The standard InChI is InChI=1S/C19H23N3O3S/c1-2-12-5-6-15-13(8-12)9-14(10-20)18(21-15)26-11-17(23)22-7-3-4-16(22)19(24)25/h9,12,16H,2-8,11H2,1H3,(H,24,25)/t12-,16+/m0/s1. The number of carboxylic acid groups (broad SMARTS) is 1. The van der Waals surface area contributed by atoms with Crippen LogP contribution in [-0.2, 0) is 22.4 Å². The maximum Gasteiger partial charge on any atom is 0.326 e. The molecule has 0 saturated carbocycles. The first-order valence-electron chi connectivity index (χ1n) is 9.11. The highest BCUT2D eigenvalue weighted by molar-refractivity contribution is 8.00. The Labute approximate surface area is 157 Å². The predicted octanol–water partition coefficient (Wildman–Crippen LogP) is 2.64. The average Bonchev–Trinajstić information content (AvgIpc) is 3.15. The number of likely N-dealkylation sites (tertiary alicyclic amines) is 1. The van der Waals surface area contributed by atoms with Crippen molar-refractivity contribution < 1.29 is 14.7 Å². The molecule has 26 heavy (non-hydrogen) atoms. The van der Waals surface area contributed by atoms with Crippen molar-refractivity contribution in [3.05, 3.63) is 22.9 Å². The summed E-state index contributed by atoms with van der Waals surface area (Å²) < 4.78 is 0. The van der Waals surface area contributed by atoms with E-state index >= 15 is 0 Å². The van der Waals surface area contributed by atoms with Crippen LogP contribution >= 0.6 is 11.8 Å². The number of nitrogens with zero attached hydrogens (tertiary/aromatic N) is 3. The van der Waals surface area contributed by atoms with Crippen LogP contribution in [0.25, 0.3) is 0 Å². The van der Waals surface area contributed by atoms with Gasteiger partial charge in [-0.15, -0.1) is 0 Å². The number of pyridine rings is 1. The minimum atomic E-state index is -0.948. The van der Waals surface area contributed by atoms with Gasteiger partial charge in [0, 0.05) is 12.2 Å². The first-order chi connectivity index (χ1) is 12.5. The summed E-state index contributed by atoms with van der Waals surface area (Å²) >= 11 is 1.24. The summed E-state index contributed by atoms with van der Waals surface area (Å²) in [7, 11) is 0. The number of hydrogen-bond acceptors (Lipinski definition) is 5. The highest BCUT2D eigenvalue weighted by Gasteiger charge is 2.33. The molecule has 0 spiro atoms. The highest BCUT2D eigenvalue weighted by Crippen LogP contribution is 2.31. The molecule has 2 atom stereocenters. The number of nitriles is 1. The average molecular weight is 373 g/mol. The van der Waals surface area contributed by atoms with Crippen molar-refractivity contribution >= 4 is 23.6 Å². The molecule has 1 fully saturated rings. The van der Waals surface area contributed by atoms with Crippen LogP contribution in [0.5, 0.6) is 0 Å². The molecule has 1 aliphatic heterocycles. The maximum atomic E-state index is 12.4. The second kappa shape index (κ2) is 8.09. The van der Waals surface area contributed by atoms with Crippen LogP contribution in [0, 0.1) is 17.2 Å². The van der Waals surface area contributed by atoms with Crippen LogP contribution < -0.4 is 0 Å². The van der Waals surface area contributed by atoms with Crippen LogP contribution in [0.1, 0.15) is 49.4 Å². The van der Waals surface area contributed by atoms with Gasteiger partial charge < -0.3 is 10.0 Å². The summed E-state index contributed by atoms with van der Waals surface area (Å²) in [5.74, 6) is -0.383. The first-order valence-corrected chi connectivity index (χ1v) is 10.1. The molecule has 0 aromatic carbocycles. The summed E-state index contributed by atoms with van der Waals surface area (Å²) in [5, 5.41) is 19.3. The summed E-state index contributed by atoms with van der Waals surface area (Å²) in [4.78, 5) is 29.8. The lowest BCUT2D eigenvalue weighted by Gasteiger charge is -2.24. The number of aryl methyl sites for hydroxylation is 1. The number of rotatable bonds is 5. The summed E-state index contributed by atoms with van der Waals surface area (Å²) in [6.45, 7) is 2.67. The molecule has 0 unspecified atom stereocenters. The van der Waals surface area contributed by atoms with Gasteiger partial charge in [0.15, 0.2) is 0 Å². The molecule has 0 bridgehead atoms. The van der Waals surface area contributed by atoms with Crippen molar-refractivity contribution in [2.75, 3.05) is 12.3 Å². The van der Waals surface area contributed by atoms with Gasteiger partial charge in [-0.3, -0.25) is 4.79 Å².